The molecule has 0 saturated carbocycles. The molecule has 1 aliphatic rings. The zero-order valence-electron chi connectivity index (χ0n) is 12.7. The van der Waals surface area contributed by atoms with E-state index in [1.807, 2.05) is 0 Å². The molecule has 5 N–H and O–H groups in total. The summed E-state index contributed by atoms with van der Waals surface area (Å²) >= 11 is 0. The Morgan fingerprint density at radius 3 is 2.36 bits per heavy atom. The fourth-order valence-corrected chi connectivity index (χ4v) is 2.87. The number of fused-ring (bicyclic) bond motifs is 1. The van der Waals surface area contributed by atoms with E-state index < -0.39 is 41.7 Å². The van der Waals surface area contributed by atoms with Gasteiger partial charge in [0.1, 0.15) is 17.2 Å². The van der Waals surface area contributed by atoms with E-state index >= 15 is 0 Å². The number of hydrogen-bond donors (Lipinski definition) is 5. The molecule has 0 amide bonds. The van der Waals surface area contributed by atoms with Crippen LogP contribution in [0.2, 0.25) is 0 Å². The van der Waals surface area contributed by atoms with Gasteiger partial charge in [-0.25, -0.2) is 0 Å². The fraction of sp³-hybridized carbons (Fsp3) is 0.176. The minimum absolute atomic E-state index is 0.00977. The van der Waals surface area contributed by atoms with Crippen LogP contribution in [0, 0.1) is 0 Å². The minimum Gasteiger partial charge on any atom is -0.508 e. The van der Waals surface area contributed by atoms with E-state index in [0.29, 0.717) is 0 Å². The molecular weight excluding hydrogens is 332 g/mol. The van der Waals surface area contributed by atoms with E-state index in [0.717, 1.165) is 12.1 Å². The van der Waals surface area contributed by atoms with Gasteiger partial charge in [0.15, 0.2) is 23.4 Å². The molecule has 0 bridgehead atoms. The summed E-state index contributed by atoms with van der Waals surface area (Å²) in [6.45, 7) is 0. The molecule has 2 atom stereocenters. The lowest BCUT2D eigenvalue weighted by Gasteiger charge is -2.31. The number of carbonyl (C=O) groups excluding carboxylic acids is 1. The number of aromatic hydroxyl groups is 4. The van der Waals surface area contributed by atoms with Crippen molar-refractivity contribution < 1.29 is 39.9 Å². The SMILES string of the molecule is O=C(O)CC1C(=O)C(c2ccc(O)c(O)c2)Oc2cc(O)cc(O)c21. The van der Waals surface area contributed by atoms with E-state index in [4.69, 9.17) is 9.84 Å². The van der Waals surface area contributed by atoms with Gasteiger partial charge in [0.25, 0.3) is 0 Å². The van der Waals surface area contributed by atoms with E-state index in [1.165, 1.54) is 18.2 Å². The van der Waals surface area contributed by atoms with Gasteiger partial charge in [-0.3, -0.25) is 9.59 Å². The first-order valence-corrected chi connectivity index (χ1v) is 7.28. The molecule has 2 aromatic carbocycles. The quantitative estimate of drug-likeness (QED) is 0.529. The van der Waals surface area contributed by atoms with Gasteiger partial charge >= 0.3 is 5.97 Å². The average molecular weight is 346 g/mol. The number of carbonyl (C=O) groups is 2. The molecule has 8 nitrogen and oxygen atoms in total. The van der Waals surface area contributed by atoms with Gasteiger partial charge in [0.05, 0.1) is 12.3 Å². The summed E-state index contributed by atoms with van der Waals surface area (Å²) in [4.78, 5) is 23.9. The zero-order chi connectivity index (χ0) is 18.3. The summed E-state index contributed by atoms with van der Waals surface area (Å²) in [5.41, 5.74) is 0.189. The summed E-state index contributed by atoms with van der Waals surface area (Å²) in [6, 6.07) is 5.82. The number of ether oxygens (including phenoxy) is 1. The monoisotopic (exact) mass is 346 g/mol. The largest absolute Gasteiger partial charge is 0.508 e. The van der Waals surface area contributed by atoms with Crippen LogP contribution in [-0.4, -0.2) is 37.3 Å². The zero-order valence-corrected chi connectivity index (χ0v) is 12.7. The first-order chi connectivity index (χ1) is 11.8. The second-order valence-corrected chi connectivity index (χ2v) is 5.68. The number of Topliss-reactive ketones (excluding diaryl/α,β-unsaturated/α-hetero) is 1. The van der Waals surface area contributed by atoms with Crippen LogP contribution in [0.25, 0.3) is 0 Å². The van der Waals surface area contributed by atoms with E-state index in [-0.39, 0.29) is 28.4 Å². The van der Waals surface area contributed by atoms with Crippen LogP contribution in [0.3, 0.4) is 0 Å². The summed E-state index contributed by atoms with van der Waals surface area (Å²) in [5, 5.41) is 47.7. The van der Waals surface area contributed by atoms with Crippen molar-refractivity contribution in [1.82, 2.24) is 0 Å². The Hall–Kier alpha value is -3.42. The van der Waals surface area contributed by atoms with Gasteiger partial charge in [-0.1, -0.05) is 6.07 Å². The smallest absolute Gasteiger partial charge is 0.304 e. The number of aliphatic carboxylic acids is 1. The third kappa shape index (κ3) is 2.89. The third-order valence-electron chi connectivity index (χ3n) is 3.98. The lowest BCUT2D eigenvalue weighted by atomic mass is 9.83. The normalized spacial score (nSPS) is 19.1. The molecule has 0 aliphatic carbocycles. The molecule has 1 heterocycles. The van der Waals surface area contributed by atoms with Crippen molar-refractivity contribution in [3.63, 3.8) is 0 Å². The fourth-order valence-electron chi connectivity index (χ4n) is 2.87. The van der Waals surface area contributed by atoms with Crippen LogP contribution in [-0.2, 0) is 9.59 Å². The van der Waals surface area contributed by atoms with Crippen molar-refractivity contribution in [3.8, 4) is 28.7 Å². The lowest BCUT2D eigenvalue weighted by Crippen LogP contribution is -2.31. The van der Waals surface area contributed by atoms with E-state index in [1.54, 1.807) is 0 Å². The standard InChI is InChI=1S/C17H14O8/c18-8-4-12(21)15-9(6-14(22)23)16(24)17(25-13(15)5-8)7-1-2-10(19)11(20)3-7/h1-5,9,17-21H,6H2,(H,22,23). The Balaban J connectivity index is 2.12. The van der Waals surface area contributed by atoms with E-state index in [9.17, 15) is 30.0 Å². The molecule has 0 saturated heterocycles. The molecule has 2 aromatic rings. The van der Waals surface area contributed by atoms with Crippen molar-refractivity contribution in [3.05, 3.63) is 41.5 Å². The predicted molar refractivity (Wildman–Crippen MR) is 82.9 cm³/mol. The molecule has 8 heteroatoms. The van der Waals surface area contributed by atoms with Crippen molar-refractivity contribution in [1.29, 1.82) is 0 Å². The average Bonchev–Trinajstić information content (AvgIpc) is 2.52. The predicted octanol–water partition coefficient (Wildman–Crippen LogP) is 1.77. The Labute approximate surface area is 141 Å². The highest BCUT2D eigenvalue weighted by Crippen LogP contribution is 2.47. The second kappa shape index (κ2) is 5.90. The highest BCUT2D eigenvalue weighted by molar-refractivity contribution is 5.96. The summed E-state index contributed by atoms with van der Waals surface area (Å²) < 4.78 is 5.54. The van der Waals surface area contributed by atoms with Crippen molar-refractivity contribution in [2.75, 3.05) is 0 Å². The molecule has 2 unspecified atom stereocenters. The van der Waals surface area contributed by atoms with Crippen LogP contribution in [0.4, 0.5) is 0 Å². The number of carboxylic acids is 1. The van der Waals surface area contributed by atoms with Crippen molar-refractivity contribution in [2.24, 2.45) is 0 Å². The number of carboxylic acid groups (broad SMARTS) is 1. The van der Waals surface area contributed by atoms with Gasteiger partial charge in [-0.15, -0.1) is 0 Å². The number of ketones is 1. The molecule has 0 fully saturated rings. The summed E-state index contributed by atoms with van der Waals surface area (Å²) in [5.74, 6) is -4.69. The number of rotatable bonds is 3. The van der Waals surface area contributed by atoms with Crippen molar-refractivity contribution >= 4 is 11.8 Å². The number of phenols is 4. The van der Waals surface area contributed by atoms with Crippen LogP contribution in [0.1, 0.15) is 29.6 Å². The van der Waals surface area contributed by atoms with Gasteiger partial charge in [-0.05, 0) is 12.1 Å². The van der Waals surface area contributed by atoms with Crippen LogP contribution < -0.4 is 4.74 Å². The molecule has 0 spiro atoms. The molecular formula is C17H14O8. The maximum absolute atomic E-state index is 12.8. The first-order valence-electron chi connectivity index (χ1n) is 7.28. The summed E-state index contributed by atoms with van der Waals surface area (Å²) in [6.07, 6.45) is -1.83. The first kappa shape index (κ1) is 16.4. The van der Waals surface area contributed by atoms with Gasteiger partial charge in [0.2, 0.25) is 0 Å². The molecule has 25 heavy (non-hydrogen) atoms. The van der Waals surface area contributed by atoms with Gasteiger partial charge < -0.3 is 30.3 Å². The number of hydrogen-bond acceptors (Lipinski definition) is 7. The highest BCUT2D eigenvalue weighted by Gasteiger charge is 2.41. The van der Waals surface area contributed by atoms with E-state index in [2.05, 4.69) is 0 Å². The van der Waals surface area contributed by atoms with Gasteiger partial charge in [0, 0.05) is 23.3 Å². The molecule has 0 radical (unpaired) electrons. The van der Waals surface area contributed by atoms with Crippen molar-refractivity contribution in [2.45, 2.75) is 18.4 Å². The van der Waals surface area contributed by atoms with Crippen LogP contribution in [0.5, 0.6) is 28.7 Å². The van der Waals surface area contributed by atoms with Crippen LogP contribution in [0.15, 0.2) is 30.3 Å². The number of benzene rings is 2. The van der Waals surface area contributed by atoms with Crippen LogP contribution >= 0.6 is 0 Å². The maximum Gasteiger partial charge on any atom is 0.304 e. The Bertz CT molecular complexity index is 873. The summed E-state index contributed by atoms with van der Waals surface area (Å²) in [7, 11) is 0. The Kier molecular flexibility index (Phi) is 3.88. The minimum atomic E-state index is -1.26. The molecule has 3 rings (SSSR count). The Morgan fingerprint density at radius 1 is 1.00 bits per heavy atom. The maximum atomic E-state index is 12.8. The lowest BCUT2D eigenvalue weighted by molar-refractivity contribution is -0.141. The van der Waals surface area contributed by atoms with Gasteiger partial charge in [-0.2, -0.15) is 0 Å². The topological polar surface area (TPSA) is 145 Å². The Morgan fingerprint density at radius 2 is 1.72 bits per heavy atom. The molecule has 130 valence electrons. The molecule has 1 aliphatic heterocycles. The number of phenolic OH excluding ortho intramolecular Hbond substituents is 4. The second-order valence-electron chi connectivity index (χ2n) is 5.68. The highest BCUT2D eigenvalue weighted by atomic mass is 16.5. The molecule has 0 aromatic heterocycles. The third-order valence-corrected chi connectivity index (χ3v) is 3.98.